The Morgan fingerprint density at radius 3 is 2.33 bits per heavy atom. The van der Waals surface area contributed by atoms with Crippen LogP contribution in [-0.2, 0) is 7.05 Å². The molecule has 2 aromatic heterocycles. The fourth-order valence-corrected chi connectivity index (χ4v) is 4.40. The van der Waals surface area contributed by atoms with Crippen molar-refractivity contribution in [3.05, 3.63) is 89.6 Å². The van der Waals surface area contributed by atoms with E-state index in [1.54, 1.807) is 0 Å². The van der Waals surface area contributed by atoms with Crippen molar-refractivity contribution in [1.29, 1.82) is 5.26 Å². The van der Waals surface area contributed by atoms with Gasteiger partial charge in [-0.25, -0.2) is 4.57 Å². The lowest BCUT2D eigenvalue weighted by atomic mass is 9.92. The summed E-state index contributed by atoms with van der Waals surface area (Å²) < 4.78 is 8.65. The van der Waals surface area contributed by atoms with E-state index in [4.69, 9.17) is 4.42 Å². The average Bonchev–Trinajstić information content (AvgIpc) is 3.14. The van der Waals surface area contributed by atoms with Gasteiger partial charge in [0.05, 0.1) is 17.2 Å². The first-order chi connectivity index (χ1) is 14.6. The summed E-state index contributed by atoms with van der Waals surface area (Å²) in [4.78, 5) is 0. The lowest BCUT2D eigenvalue weighted by Gasteiger charge is -2.09. The van der Waals surface area contributed by atoms with Crippen LogP contribution in [0.5, 0.6) is 0 Å². The number of aromatic nitrogens is 1. The summed E-state index contributed by atoms with van der Waals surface area (Å²) in [5.41, 5.74) is 8.68. The Labute approximate surface area is 175 Å². The van der Waals surface area contributed by atoms with Crippen molar-refractivity contribution in [2.45, 2.75) is 13.8 Å². The summed E-state index contributed by atoms with van der Waals surface area (Å²) in [7, 11) is 2.04. The second-order valence-corrected chi connectivity index (χ2v) is 7.71. The summed E-state index contributed by atoms with van der Waals surface area (Å²) in [5, 5.41) is 11.9. The second kappa shape index (κ2) is 6.86. The molecule has 0 aliphatic heterocycles. The van der Waals surface area contributed by atoms with Crippen molar-refractivity contribution in [1.82, 2.24) is 0 Å². The third-order valence-corrected chi connectivity index (χ3v) is 5.87. The minimum atomic E-state index is 0.668. The van der Waals surface area contributed by atoms with Gasteiger partial charge in [0.15, 0.2) is 6.20 Å². The molecule has 3 aromatic carbocycles. The van der Waals surface area contributed by atoms with Gasteiger partial charge in [0.25, 0.3) is 0 Å². The van der Waals surface area contributed by atoms with Crippen LogP contribution in [0.4, 0.5) is 0 Å². The predicted molar refractivity (Wildman–Crippen MR) is 120 cm³/mol. The largest absolute Gasteiger partial charge is 0.455 e. The number of benzene rings is 3. The van der Waals surface area contributed by atoms with E-state index in [-0.39, 0.29) is 0 Å². The van der Waals surface area contributed by atoms with Crippen LogP contribution < -0.4 is 4.57 Å². The Kier molecular flexibility index (Phi) is 4.15. The lowest BCUT2D eigenvalue weighted by molar-refractivity contribution is -0.660. The number of furan rings is 1. The first-order valence-corrected chi connectivity index (χ1v) is 10.00. The van der Waals surface area contributed by atoms with E-state index in [9.17, 15) is 5.26 Å². The monoisotopic (exact) mass is 389 g/mol. The molecule has 0 spiro atoms. The SMILES string of the molecule is Cc1ccc2c(oc3c(C)c(-c4ccccc4)c(C#N)cc32)c1-c1cccc[n+]1C. The smallest absolute Gasteiger partial charge is 0.216 e. The Balaban J connectivity index is 1.91. The van der Waals surface area contributed by atoms with Crippen LogP contribution in [0.3, 0.4) is 0 Å². The highest BCUT2D eigenvalue weighted by atomic mass is 16.3. The highest BCUT2D eigenvalue weighted by Gasteiger charge is 2.23. The van der Waals surface area contributed by atoms with Crippen LogP contribution in [0.15, 0.2) is 77.3 Å². The predicted octanol–water partition coefficient (Wildman–Crippen LogP) is 6.23. The minimum absolute atomic E-state index is 0.668. The number of aryl methyl sites for hydroxylation is 3. The molecule has 0 saturated heterocycles. The Morgan fingerprint density at radius 2 is 1.60 bits per heavy atom. The Bertz CT molecular complexity index is 1470. The molecular weight excluding hydrogens is 368 g/mol. The van der Waals surface area contributed by atoms with Crippen molar-refractivity contribution in [3.63, 3.8) is 0 Å². The summed E-state index contributed by atoms with van der Waals surface area (Å²) >= 11 is 0. The Morgan fingerprint density at radius 1 is 0.833 bits per heavy atom. The molecule has 0 saturated carbocycles. The van der Waals surface area contributed by atoms with Gasteiger partial charge < -0.3 is 4.42 Å². The fourth-order valence-electron chi connectivity index (χ4n) is 4.40. The highest BCUT2D eigenvalue weighted by Crippen LogP contribution is 2.41. The molecule has 0 radical (unpaired) electrons. The van der Waals surface area contributed by atoms with Gasteiger partial charge in [0.1, 0.15) is 18.2 Å². The van der Waals surface area contributed by atoms with Crippen LogP contribution in [0, 0.1) is 25.2 Å². The first-order valence-electron chi connectivity index (χ1n) is 10.00. The molecule has 0 unspecified atom stereocenters. The zero-order valence-electron chi connectivity index (χ0n) is 17.2. The van der Waals surface area contributed by atoms with E-state index in [2.05, 4.69) is 35.8 Å². The van der Waals surface area contributed by atoms with Gasteiger partial charge in [-0.15, -0.1) is 0 Å². The van der Waals surface area contributed by atoms with E-state index >= 15 is 0 Å². The normalized spacial score (nSPS) is 11.1. The van der Waals surface area contributed by atoms with Crippen molar-refractivity contribution in [2.24, 2.45) is 7.05 Å². The van der Waals surface area contributed by atoms with Gasteiger partial charge in [-0.3, -0.25) is 0 Å². The van der Waals surface area contributed by atoms with Gasteiger partial charge in [-0.05, 0) is 37.1 Å². The molecule has 0 N–H and O–H groups in total. The number of rotatable bonds is 2. The van der Waals surface area contributed by atoms with E-state index in [0.29, 0.717) is 5.56 Å². The van der Waals surface area contributed by atoms with E-state index < -0.39 is 0 Å². The molecule has 0 amide bonds. The van der Waals surface area contributed by atoms with Gasteiger partial charge in [0.2, 0.25) is 5.69 Å². The topological polar surface area (TPSA) is 40.8 Å². The van der Waals surface area contributed by atoms with Crippen LogP contribution in [-0.4, -0.2) is 0 Å². The first kappa shape index (κ1) is 18.1. The van der Waals surface area contributed by atoms with Gasteiger partial charge in [-0.1, -0.05) is 42.5 Å². The summed E-state index contributed by atoms with van der Waals surface area (Å²) in [5.74, 6) is 0. The number of fused-ring (bicyclic) bond motifs is 3. The second-order valence-electron chi connectivity index (χ2n) is 7.71. The molecule has 144 valence electrons. The lowest BCUT2D eigenvalue weighted by Crippen LogP contribution is -2.30. The van der Waals surface area contributed by atoms with Crippen LogP contribution in [0.1, 0.15) is 16.7 Å². The van der Waals surface area contributed by atoms with E-state index in [1.807, 2.05) is 68.7 Å². The van der Waals surface area contributed by atoms with Crippen LogP contribution in [0.2, 0.25) is 0 Å². The van der Waals surface area contributed by atoms with Crippen molar-refractivity contribution in [3.8, 4) is 28.5 Å². The van der Waals surface area contributed by atoms with E-state index in [0.717, 1.165) is 55.4 Å². The molecular formula is C27H21N2O+. The zero-order valence-corrected chi connectivity index (χ0v) is 17.2. The van der Waals surface area contributed by atoms with Crippen molar-refractivity contribution >= 4 is 21.9 Å². The standard InChI is InChI=1S/C27H21N2O/c1-17-12-13-21-22-15-20(16-28)25(19-9-5-4-6-10-19)18(2)26(22)30-27(21)24(17)23-11-7-8-14-29(23)3/h4-15H,1-3H3/q+1. The molecule has 0 fully saturated rings. The molecule has 0 bridgehead atoms. The van der Waals surface area contributed by atoms with Crippen LogP contribution >= 0.6 is 0 Å². The quantitative estimate of drug-likeness (QED) is 0.336. The third kappa shape index (κ3) is 2.62. The molecule has 3 nitrogen and oxygen atoms in total. The summed E-state index contributed by atoms with van der Waals surface area (Å²) in [6.45, 7) is 4.15. The molecule has 5 aromatic rings. The zero-order chi connectivity index (χ0) is 20.8. The van der Waals surface area contributed by atoms with E-state index in [1.165, 1.54) is 0 Å². The van der Waals surface area contributed by atoms with Gasteiger partial charge in [0, 0.05) is 34.0 Å². The number of nitriles is 1. The fraction of sp³-hybridized carbons (Fsp3) is 0.111. The highest BCUT2D eigenvalue weighted by molar-refractivity contribution is 6.12. The third-order valence-electron chi connectivity index (χ3n) is 5.87. The molecule has 0 aliphatic carbocycles. The van der Waals surface area contributed by atoms with Crippen LogP contribution in [0.25, 0.3) is 44.3 Å². The number of pyridine rings is 1. The Hall–Kier alpha value is -3.90. The maximum absolute atomic E-state index is 9.90. The minimum Gasteiger partial charge on any atom is -0.455 e. The molecule has 30 heavy (non-hydrogen) atoms. The van der Waals surface area contributed by atoms with Gasteiger partial charge >= 0.3 is 0 Å². The molecule has 0 atom stereocenters. The van der Waals surface area contributed by atoms with Crippen molar-refractivity contribution in [2.75, 3.05) is 0 Å². The molecule has 5 rings (SSSR count). The number of hydrogen-bond donors (Lipinski definition) is 0. The maximum Gasteiger partial charge on any atom is 0.216 e. The average molecular weight is 389 g/mol. The molecule has 0 aliphatic rings. The molecule has 2 heterocycles. The maximum atomic E-state index is 9.90. The van der Waals surface area contributed by atoms with Gasteiger partial charge in [-0.2, -0.15) is 5.26 Å². The molecule has 3 heteroatoms. The van der Waals surface area contributed by atoms with Crippen molar-refractivity contribution < 1.29 is 8.98 Å². The number of nitrogens with zero attached hydrogens (tertiary/aromatic N) is 2. The number of hydrogen-bond acceptors (Lipinski definition) is 2. The summed E-state index contributed by atoms with van der Waals surface area (Å²) in [6.07, 6.45) is 2.04. The summed E-state index contributed by atoms with van der Waals surface area (Å²) in [6, 6.07) is 24.8.